The first kappa shape index (κ1) is 14.6. The van der Waals surface area contributed by atoms with Crippen molar-refractivity contribution in [2.45, 2.75) is 38.6 Å². The number of para-hydroxylation sites is 2. The van der Waals surface area contributed by atoms with Gasteiger partial charge in [0.05, 0.1) is 23.1 Å². The van der Waals surface area contributed by atoms with E-state index in [-0.39, 0.29) is 18.4 Å². The SMILES string of the molecule is CCc1nc2ccccc2n1C1CCCN(C(=O)CC#N)C1. The lowest BCUT2D eigenvalue weighted by Gasteiger charge is -2.34. The van der Waals surface area contributed by atoms with E-state index in [2.05, 4.69) is 17.6 Å². The number of benzene rings is 1. The highest BCUT2D eigenvalue weighted by Crippen LogP contribution is 2.28. The molecule has 2 heterocycles. The fourth-order valence-electron chi connectivity index (χ4n) is 3.32. The van der Waals surface area contributed by atoms with Gasteiger partial charge in [-0.3, -0.25) is 4.79 Å². The zero-order valence-corrected chi connectivity index (χ0v) is 12.8. The molecule has 1 saturated heterocycles. The molecule has 1 atom stereocenters. The van der Waals surface area contributed by atoms with E-state index in [0.717, 1.165) is 42.7 Å². The maximum Gasteiger partial charge on any atom is 0.236 e. The van der Waals surface area contributed by atoms with Crippen LogP contribution in [0.3, 0.4) is 0 Å². The average Bonchev–Trinajstić information content (AvgIpc) is 2.93. The molecule has 3 rings (SSSR count). The van der Waals surface area contributed by atoms with Gasteiger partial charge in [-0.1, -0.05) is 19.1 Å². The molecule has 1 unspecified atom stereocenters. The molecule has 1 aliphatic heterocycles. The summed E-state index contributed by atoms with van der Waals surface area (Å²) in [6.07, 6.45) is 2.86. The van der Waals surface area contributed by atoms with Crippen molar-refractivity contribution in [3.8, 4) is 6.07 Å². The normalized spacial score (nSPS) is 18.4. The molecule has 1 fully saturated rings. The highest BCUT2D eigenvalue weighted by atomic mass is 16.2. The lowest BCUT2D eigenvalue weighted by Crippen LogP contribution is -2.40. The van der Waals surface area contributed by atoms with Crippen molar-refractivity contribution in [1.82, 2.24) is 14.5 Å². The van der Waals surface area contributed by atoms with Crippen LogP contribution in [0.15, 0.2) is 24.3 Å². The van der Waals surface area contributed by atoms with Crippen LogP contribution in [-0.2, 0) is 11.2 Å². The predicted octanol–water partition coefficient (Wildman–Crippen LogP) is 2.68. The van der Waals surface area contributed by atoms with Crippen LogP contribution in [0.5, 0.6) is 0 Å². The summed E-state index contributed by atoms with van der Waals surface area (Å²) in [5.41, 5.74) is 2.15. The number of aryl methyl sites for hydroxylation is 1. The number of carbonyl (C=O) groups is 1. The quantitative estimate of drug-likeness (QED) is 0.874. The maximum atomic E-state index is 12.0. The number of aromatic nitrogens is 2. The van der Waals surface area contributed by atoms with Crippen molar-refractivity contribution < 1.29 is 4.79 Å². The fraction of sp³-hybridized carbons (Fsp3) is 0.471. The number of hydrogen-bond acceptors (Lipinski definition) is 3. The van der Waals surface area contributed by atoms with Gasteiger partial charge in [0.25, 0.3) is 0 Å². The molecule has 0 radical (unpaired) electrons. The molecule has 0 saturated carbocycles. The minimum atomic E-state index is -0.0605. The predicted molar refractivity (Wildman–Crippen MR) is 84.2 cm³/mol. The lowest BCUT2D eigenvalue weighted by molar-refractivity contribution is -0.131. The van der Waals surface area contributed by atoms with Gasteiger partial charge in [0.1, 0.15) is 12.2 Å². The third-order valence-corrected chi connectivity index (χ3v) is 4.33. The third kappa shape index (κ3) is 2.57. The van der Waals surface area contributed by atoms with E-state index in [4.69, 9.17) is 10.2 Å². The Balaban J connectivity index is 1.93. The first-order valence-corrected chi connectivity index (χ1v) is 7.85. The Morgan fingerprint density at radius 2 is 2.27 bits per heavy atom. The number of fused-ring (bicyclic) bond motifs is 1. The van der Waals surface area contributed by atoms with Crippen LogP contribution >= 0.6 is 0 Å². The van der Waals surface area contributed by atoms with Crippen LogP contribution in [0.25, 0.3) is 11.0 Å². The number of piperidine rings is 1. The average molecular weight is 296 g/mol. The van der Waals surface area contributed by atoms with Crippen molar-refractivity contribution in [3.63, 3.8) is 0 Å². The molecule has 1 aromatic carbocycles. The summed E-state index contributed by atoms with van der Waals surface area (Å²) >= 11 is 0. The van der Waals surface area contributed by atoms with Crippen molar-refractivity contribution in [2.75, 3.05) is 13.1 Å². The van der Waals surface area contributed by atoms with Crippen LogP contribution in [0, 0.1) is 11.3 Å². The van der Waals surface area contributed by atoms with Gasteiger partial charge in [-0.05, 0) is 25.0 Å². The molecule has 0 spiro atoms. The summed E-state index contributed by atoms with van der Waals surface area (Å²) in [7, 11) is 0. The number of hydrogen-bond donors (Lipinski definition) is 0. The Hall–Kier alpha value is -2.35. The van der Waals surface area contributed by atoms with Crippen molar-refractivity contribution >= 4 is 16.9 Å². The van der Waals surface area contributed by atoms with Crippen LogP contribution in [0.2, 0.25) is 0 Å². The number of nitrogens with zero attached hydrogens (tertiary/aromatic N) is 4. The Morgan fingerprint density at radius 1 is 1.45 bits per heavy atom. The highest BCUT2D eigenvalue weighted by molar-refractivity contribution is 5.78. The molecule has 1 aliphatic rings. The van der Waals surface area contributed by atoms with Crippen LogP contribution in [-0.4, -0.2) is 33.4 Å². The van der Waals surface area contributed by atoms with E-state index in [1.165, 1.54) is 0 Å². The number of nitriles is 1. The first-order chi connectivity index (χ1) is 10.7. The Bertz CT molecular complexity index is 728. The first-order valence-electron chi connectivity index (χ1n) is 7.85. The summed E-state index contributed by atoms with van der Waals surface area (Å²) < 4.78 is 2.29. The lowest BCUT2D eigenvalue weighted by atomic mass is 10.0. The summed E-state index contributed by atoms with van der Waals surface area (Å²) in [5.74, 6) is 1.01. The van der Waals surface area contributed by atoms with Gasteiger partial charge in [0.15, 0.2) is 0 Å². The van der Waals surface area contributed by atoms with Gasteiger partial charge in [-0.2, -0.15) is 5.26 Å². The molecule has 1 amide bonds. The van der Waals surface area contributed by atoms with E-state index < -0.39 is 0 Å². The van der Waals surface area contributed by atoms with E-state index in [9.17, 15) is 4.79 Å². The van der Waals surface area contributed by atoms with Crippen LogP contribution in [0.1, 0.15) is 38.1 Å². The van der Waals surface area contributed by atoms with Crippen LogP contribution in [0.4, 0.5) is 0 Å². The smallest absolute Gasteiger partial charge is 0.236 e. The molecule has 114 valence electrons. The summed E-state index contributed by atoms with van der Waals surface area (Å²) in [6, 6.07) is 10.4. The molecular formula is C17H20N4O. The molecule has 5 heteroatoms. The van der Waals surface area contributed by atoms with E-state index in [1.54, 1.807) is 0 Å². The second kappa shape index (κ2) is 6.18. The Morgan fingerprint density at radius 3 is 3.05 bits per heavy atom. The largest absolute Gasteiger partial charge is 0.340 e. The molecule has 0 N–H and O–H groups in total. The van der Waals surface area contributed by atoms with Gasteiger partial charge in [-0.15, -0.1) is 0 Å². The number of carbonyl (C=O) groups excluding carboxylic acids is 1. The minimum Gasteiger partial charge on any atom is -0.340 e. The van der Waals surface area contributed by atoms with Gasteiger partial charge in [0, 0.05) is 19.5 Å². The zero-order chi connectivity index (χ0) is 15.5. The van der Waals surface area contributed by atoms with Gasteiger partial charge in [-0.25, -0.2) is 4.98 Å². The second-order valence-electron chi connectivity index (χ2n) is 5.71. The van der Waals surface area contributed by atoms with E-state index >= 15 is 0 Å². The Labute approximate surface area is 130 Å². The summed E-state index contributed by atoms with van der Waals surface area (Å²) in [6.45, 7) is 3.54. The minimum absolute atomic E-state index is 0.0297. The fourth-order valence-corrected chi connectivity index (χ4v) is 3.32. The topological polar surface area (TPSA) is 61.9 Å². The standard InChI is InChI=1S/C17H20N4O/c1-2-16-19-14-7-3-4-8-15(14)21(16)13-6-5-11-20(12-13)17(22)9-10-18/h3-4,7-8,13H,2,5-6,9,11-12H2,1H3. The monoisotopic (exact) mass is 296 g/mol. The molecule has 0 bridgehead atoms. The van der Waals surface area contributed by atoms with Crippen molar-refractivity contribution in [1.29, 1.82) is 5.26 Å². The van der Waals surface area contributed by atoms with Gasteiger partial charge >= 0.3 is 0 Å². The van der Waals surface area contributed by atoms with E-state index in [0.29, 0.717) is 6.54 Å². The molecule has 22 heavy (non-hydrogen) atoms. The number of rotatable bonds is 3. The number of likely N-dealkylation sites (tertiary alicyclic amines) is 1. The second-order valence-corrected chi connectivity index (χ2v) is 5.71. The van der Waals surface area contributed by atoms with E-state index in [1.807, 2.05) is 29.2 Å². The molecule has 1 aromatic heterocycles. The van der Waals surface area contributed by atoms with Gasteiger partial charge < -0.3 is 9.47 Å². The number of amides is 1. The highest BCUT2D eigenvalue weighted by Gasteiger charge is 2.26. The molecular weight excluding hydrogens is 276 g/mol. The third-order valence-electron chi connectivity index (χ3n) is 4.33. The van der Waals surface area contributed by atoms with Gasteiger partial charge in [0.2, 0.25) is 5.91 Å². The molecule has 2 aromatic rings. The van der Waals surface area contributed by atoms with Crippen LogP contribution < -0.4 is 0 Å². The molecule has 0 aliphatic carbocycles. The molecule has 5 nitrogen and oxygen atoms in total. The zero-order valence-electron chi connectivity index (χ0n) is 12.8. The van der Waals surface area contributed by atoms with Crippen molar-refractivity contribution in [3.05, 3.63) is 30.1 Å². The van der Waals surface area contributed by atoms with Crippen molar-refractivity contribution in [2.24, 2.45) is 0 Å². The summed E-state index contributed by atoms with van der Waals surface area (Å²) in [5, 5.41) is 8.73. The Kier molecular flexibility index (Phi) is 4.10. The summed E-state index contributed by atoms with van der Waals surface area (Å²) in [4.78, 5) is 18.6. The number of imidazole rings is 1. The maximum absolute atomic E-state index is 12.0.